The number of oxime groups is 1. The summed E-state index contributed by atoms with van der Waals surface area (Å²) in [5, 5.41) is 12.7. The molecule has 1 heterocycles. The first-order valence-electron chi connectivity index (χ1n) is 6.71. The van der Waals surface area contributed by atoms with Crippen LogP contribution in [0.25, 0.3) is 0 Å². The minimum absolute atomic E-state index is 0.104. The molecule has 1 saturated heterocycles. The van der Waals surface area contributed by atoms with E-state index in [1.54, 1.807) is 12.1 Å². The molecule has 0 amide bonds. The van der Waals surface area contributed by atoms with E-state index < -0.39 is 0 Å². The molecule has 0 aromatic heterocycles. The third-order valence-electron chi connectivity index (χ3n) is 3.87. The molecule has 6 heteroatoms. The summed E-state index contributed by atoms with van der Waals surface area (Å²) >= 11 is 6.10. The summed E-state index contributed by atoms with van der Waals surface area (Å²) in [7, 11) is 4.16. The number of halogens is 1. The van der Waals surface area contributed by atoms with Gasteiger partial charge in [0.2, 0.25) is 0 Å². The number of hydrogen-bond donors (Lipinski definition) is 2. The van der Waals surface area contributed by atoms with Gasteiger partial charge in [0, 0.05) is 35.9 Å². The molecular formula is C14H21ClN4O. The monoisotopic (exact) mass is 296 g/mol. The van der Waals surface area contributed by atoms with E-state index in [-0.39, 0.29) is 5.84 Å². The summed E-state index contributed by atoms with van der Waals surface area (Å²) in [5.41, 5.74) is 7.36. The van der Waals surface area contributed by atoms with Crippen LogP contribution in [0, 0.1) is 0 Å². The largest absolute Gasteiger partial charge is 0.409 e. The smallest absolute Gasteiger partial charge is 0.172 e. The highest BCUT2D eigenvalue weighted by Crippen LogP contribution is 2.27. The van der Waals surface area contributed by atoms with Crippen molar-refractivity contribution in [3.05, 3.63) is 28.8 Å². The molecule has 110 valence electrons. The molecule has 1 fully saturated rings. The Balaban J connectivity index is 2.32. The lowest BCUT2D eigenvalue weighted by molar-refractivity contribution is 0.248. The molecule has 1 aromatic rings. The van der Waals surface area contributed by atoms with Crippen molar-refractivity contribution >= 4 is 23.1 Å². The van der Waals surface area contributed by atoms with Gasteiger partial charge >= 0.3 is 0 Å². The Morgan fingerprint density at radius 3 is 2.95 bits per heavy atom. The lowest BCUT2D eigenvalue weighted by Crippen LogP contribution is -2.45. The highest BCUT2D eigenvalue weighted by atomic mass is 35.5. The van der Waals surface area contributed by atoms with Crippen molar-refractivity contribution in [3.63, 3.8) is 0 Å². The molecule has 3 N–H and O–H groups in total. The number of hydrogen-bond acceptors (Lipinski definition) is 4. The third-order valence-corrected chi connectivity index (χ3v) is 4.11. The molecule has 0 saturated carbocycles. The van der Waals surface area contributed by atoms with E-state index in [9.17, 15) is 0 Å². The van der Waals surface area contributed by atoms with Gasteiger partial charge in [0.05, 0.1) is 0 Å². The van der Waals surface area contributed by atoms with Crippen LogP contribution >= 0.6 is 11.6 Å². The van der Waals surface area contributed by atoms with Crippen molar-refractivity contribution in [1.29, 1.82) is 0 Å². The maximum Gasteiger partial charge on any atom is 0.172 e. The molecule has 0 radical (unpaired) electrons. The summed E-state index contributed by atoms with van der Waals surface area (Å²) in [6.07, 6.45) is 2.30. The number of benzene rings is 1. The van der Waals surface area contributed by atoms with Crippen molar-refractivity contribution in [1.82, 2.24) is 4.90 Å². The zero-order valence-corrected chi connectivity index (χ0v) is 12.6. The summed E-state index contributed by atoms with van der Waals surface area (Å²) < 4.78 is 0. The molecule has 0 bridgehead atoms. The van der Waals surface area contributed by atoms with Crippen molar-refractivity contribution in [2.45, 2.75) is 18.9 Å². The molecular weight excluding hydrogens is 276 g/mol. The van der Waals surface area contributed by atoms with Crippen LogP contribution < -0.4 is 10.6 Å². The van der Waals surface area contributed by atoms with Crippen LogP contribution in [0.15, 0.2) is 23.4 Å². The van der Waals surface area contributed by atoms with Gasteiger partial charge < -0.3 is 20.7 Å². The molecule has 0 spiro atoms. The lowest BCUT2D eigenvalue weighted by Gasteiger charge is -2.37. The molecule has 20 heavy (non-hydrogen) atoms. The first kappa shape index (κ1) is 14.9. The zero-order valence-electron chi connectivity index (χ0n) is 11.9. The normalized spacial score (nSPS) is 20.9. The fourth-order valence-electron chi connectivity index (χ4n) is 2.72. The van der Waals surface area contributed by atoms with E-state index in [2.05, 4.69) is 22.0 Å². The predicted molar refractivity (Wildman–Crippen MR) is 82.9 cm³/mol. The summed E-state index contributed by atoms with van der Waals surface area (Å²) in [6, 6.07) is 5.80. The van der Waals surface area contributed by atoms with Crippen LogP contribution in [-0.2, 0) is 0 Å². The molecule has 5 nitrogen and oxygen atoms in total. The number of nitrogens with zero attached hydrogens (tertiary/aromatic N) is 3. The number of likely N-dealkylation sites (N-methyl/N-ethyl adjacent to an activating group) is 2. The van der Waals surface area contributed by atoms with Crippen LogP contribution in [0.5, 0.6) is 0 Å². The number of anilines is 1. The SMILES string of the molecule is CN1CCCC(N(C)c2cc(Cl)ccc2C(N)=NO)C1. The van der Waals surface area contributed by atoms with Gasteiger partial charge in [-0.3, -0.25) is 0 Å². The molecule has 0 aliphatic carbocycles. The van der Waals surface area contributed by atoms with Crippen LogP contribution in [0.4, 0.5) is 5.69 Å². The van der Waals surface area contributed by atoms with Crippen LogP contribution in [-0.4, -0.2) is 49.2 Å². The van der Waals surface area contributed by atoms with Gasteiger partial charge in [0.25, 0.3) is 0 Å². The second-order valence-corrected chi connectivity index (χ2v) is 5.75. The van der Waals surface area contributed by atoms with Crippen LogP contribution in [0.2, 0.25) is 5.02 Å². The summed E-state index contributed by atoms with van der Waals surface area (Å²) in [4.78, 5) is 4.49. The van der Waals surface area contributed by atoms with Crippen LogP contribution in [0.3, 0.4) is 0 Å². The lowest BCUT2D eigenvalue weighted by atomic mass is 10.0. The Morgan fingerprint density at radius 1 is 1.55 bits per heavy atom. The van der Waals surface area contributed by atoms with Gasteiger partial charge in [-0.1, -0.05) is 16.8 Å². The second kappa shape index (κ2) is 6.33. The van der Waals surface area contributed by atoms with E-state index in [0.717, 1.165) is 25.2 Å². The molecule has 2 rings (SSSR count). The number of nitrogens with two attached hydrogens (primary N) is 1. The van der Waals surface area contributed by atoms with Crippen molar-refractivity contribution in [2.24, 2.45) is 10.9 Å². The average Bonchev–Trinajstić information content (AvgIpc) is 2.45. The first-order chi connectivity index (χ1) is 9.52. The van der Waals surface area contributed by atoms with Gasteiger partial charge in [-0.25, -0.2) is 0 Å². The molecule has 1 unspecified atom stereocenters. The first-order valence-corrected chi connectivity index (χ1v) is 7.09. The van der Waals surface area contributed by atoms with E-state index in [1.807, 2.05) is 13.1 Å². The van der Waals surface area contributed by atoms with Crippen molar-refractivity contribution in [3.8, 4) is 0 Å². The number of amidine groups is 1. The Kier molecular flexibility index (Phi) is 4.73. The highest BCUT2D eigenvalue weighted by molar-refractivity contribution is 6.31. The van der Waals surface area contributed by atoms with Gasteiger partial charge in [0.1, 0.15) is 0 Å². The predicted octanol–water partition coefficient (Wildman–Crippen LogP) is 1.96. The third kappa shape index (κ3) is 3.16. The standard InChI is InChI=1S/C14H21ClN4O/c1-18-7-3-4-11(9-18)19(2)13-8-10(15)5-6-12(13)14(16)17-20/h5-6,8,11,20H,3-4,7,9H2,1-2H3,(H2,16,17). The highest BCUT2D eigenvalue weighted by Gasteiger charge is 2.23. The minimum Gasteiger partial charge on any atom is -0.409 e. The van der Waals surface area contributed by atoms with Gasteiger partial charge in [0.15, 0.2) is 5.84 Å². The number of rotatable bonds is 3. The fourth-order valence-corrected chi connectivity index (χ4v) is 2.89. The van der Waals surface area contributed by atoms with Crippen molar-refractivity contribution in [2.75, 3.05) is 32.1 Å². The second-order valence-electron chi connectivity index (χ2n) is 5.32. The zero-order chi connectivity index (χ0) is 14.7. The Labute approximate surface area is 124 Å². The quantitative estimate of drug-likeness (QED) is 0.387. The minimum atomic E-state index is 0.104. The Hall–Kier alpha value is -1.46. The summed E-state index contributed by atoms with van der Waals surface area (Å²) in [5.74, 6) is 0.104. The van der Waals surface area contributed by atoms with Crippen LogP contribution in [0.1, 0.15) is 18.4 Å². The number of likely N-dealkylation sites (tertiary alicyclic amines) is 1. The molecule has 1 aliphatic rings. The van der Waals surface area contributed by atoms with Gasteiger partial charge in [-0.15, -0.1) is 0 Å². The Bertz CT molecular complexity index is 506. The van der Waals surface area contributed by atoms with Gasteiger partial charge in [-0.2, -0.15) is 0 Å². The Morgan fingerprint density at radius 2 is 2.30 bits per heavy atom. The topological polar surface area (TPSA) is 65.1 Å². The van der Waals surface area contributed by atoms with E-state index >= 15 is 0 Å². The summed E-state index contributed by atoms with van der Waals surface area (Å²) in [6.45, 7) is 2.13. The maximum atomic E-state index is 8.92. The molecule has 1 aromatic carbocycles. The van der Waals surface area contributed by atoms with Crippen molar-refractivity contribution < 1.29 is 5.21 Å². The van der Waals surface area contributed by atoms with E-state index in [4.69, 9.17) is 22.5 Å². The molecule has 1 atom stereocenters. The average molecular weight is 297 g/mol. The van der Waals surface area contributed by atoms with E-state index in [0.29, 0.717) is 16.6 Å². The molecule has 1 aliphatic heterocycles. The fraction of sp³-hybridized carbons (Fsp3) is 0.500. The van der Waals surface area contributed by atoms with E-state index in [1.165, 1.54) is 6.42 Å². The maximum absolute atomic E-state index is 8.92. The van der Waals surface area contributed by atoms with Gasteiger partial charge in [-0.05, 0) is 44.6 Å². The number of piperidine rings is 1.